The van der Waals surface area contributed by atoms with Gasteiger partial charge in [0.15, 0.2) is 0 Å². The van der Waals surface area contributed by atoms with Crippen LogP contribution in [0.4, 0.5) is 0 Å². The number of allylic oxidation sites excluding steroid dienone is 1. The third-order valence-electron chi connectivity index (χ3n) is 4.93. The normalized spacial score (nSPS) is 11.5. The summed E-state index contributed by atoms with van der Waals surface area (Å²) in [6.45, 7) is 4.73. The molecule has 2 radical (unpaired) electrons. The van der Waals surface area contributed by atoms with E-state index in [0.717, 1.165) is 0 Å². The van der Waals surface area contributed by atoms with Crippen molar-refractivity contribution in [1.82, 2.24) is 0 Å². The molecule has 0 saturated heterocycles. The van der Waals surface area contributed by atoms with Crippen molar-refractivity contribution < 1.29 is 51.0 Å². The van der Waals surface area contributed by atoms with Crippen molar-refractivity contribution in [3.63, 3.8) is 0 Å². The molecule has 0 heterocycles. The molecule has 0 fully saturated rings. The van der Waals surface area contributed by atoms with Gasteiger partial charge in [0, 0.05) is 0 Å². The molecule has 0 nitrogen and oxygen atoms in total. The standard InChI is InChI=1S/C13H9.C11H13Si.2ClH.Zr/c1-3-7-12-10(5-1)9-11-6-2-4-8-13(11)12;1-12(2)11-7-9-5-3-4-6-10(9)8-11;;;/h1-9H;3-7H,8H2,1-2H3;2*1H;/q-1;;;;+3/p-2. The van der Waals surface area contributed by atoms with Crippen LogP contribution in [0.5, 0.6) is 0 Å². The van der Waals surface area contributed by atoms with Gasteiger partial charge in [0.05, 0.1) is 8.80 Å². The van der Waals surface area contributed by atoms with E-state index in [1.165, 1.54) is 39.1 Å². The van der Waals surface area contributed by atoms with Crippen molar-refractivity contribution in [2.24, 2.45) is 0 Å². The Morgan fingerprint density at radius 3 is 1.75 bits per heavy atom. The topological polar surface area (TPSA) is 0 Å². The maximum atomic E-state index is 2.38. The fraction of sp³-hybridized carbons (Fsp3) is 0.125. The summed E-state index contributed by atoms with van der Waals surface area (Å²) in [4.78, 5) is 0. The van der Waals surface area contributed by atoms with Crippen molar-refractivity contribution in [3.8, 4) is 0 Å². The summed E-state index contributed by atoms with van der Waals surface area (Å²) in [5.74, 6) is 0. The van der Waals surface area contributed by atoms with Crippen molar-refractivity contribution in [3.05, 3.63) is 95.2 Å². The van der Waals surface area contributed by atoms with Crippen molar-refractivity contribution >= 4 is 36.4 Å². The SMILES string of the molecule is C[Si](C)C1=Cc2ccccc2C1.[Cl-].[Cl-].[Zr+3].c1ccc2c(c1)[cH-]c1ccccc12. The fourth-order valence-corrected chi connectivity index (χ4v) is 4.49. The Morgan fingerprint density at radius 1 is 0.714 bits per heavy atom. The molecule has 5 rings (SSSR count). The predicted molar refractivity (Wildman–Crippen MR) is 113 cm³/mol. The first-order valence-electron chi connectivity index (χ1n) is 8.84. The quantitative estimate of drug-likeness (QED) is 0.266. The van der Waals surface area contributed by atoms with Gasteiger partial charge in [-0.1, -0.05) is 85.0 Å². The van der Waals surface area contributed by atoms with Crippen LogP contribution in [0, 0.1) is 0 Å². The van der Waals surface area contributed by atoms with Crippen molar-refractivity contribution in [2.75, 3.05) is 0 Å². The van der Waals surface area contributed by atoms with E-state index in [9.17, 15) is 0 Å². The first kappa shape index (κ1) is 25.0. The number of rotatable bonds is 1. The molecule has 4 aromatic carbocycles. The molecule has 0 N–H and O–H groups in total. The van der Waals surface area contributed by atoms with Gasteiger partial charge in [-0.3, -0.25) is 0 Å². The van der Waals surface area contributed by atoms with Crippen LogP contribution in [0.1, 0.15) is 11.1 Å². The van der Waals surface area contributed by atoms with Crippen LogP contribution >= 0.6 is 0 Å². The Hall–Kier alpha value is -1.05. The minimum absolute atomic E-state index is 0. The molecule has 0 spiro atoms. The molecule has 4 heteroatoms. The summed E-state index contributed by atoms with van der Waals surface area (Å²) in [5.41, 5.74) is 2.96. The van der Waals surface area contributed by atoms with Crippen LogP contribution < -0.4 is 24.8 Å². The Kier molecular flexibility index (Phi) is 10.0. The van der Waals surface area contributed by atoms with Gasteiger partial charge >= 0.3 is 26.2 Å². The second-order valence-electron chi connectivity index (χ2n) is 6.86. The van der Waals surface area contributed by atoms with E-state index in [2.05, 4.69) is 98.0 Å². The molecule has 0 amide bonds. The molecule has 28 heavy (non-hydrogen) atoms. The monoisotopic (exact) mass is 498 g/mol. The van der Waals surface area contributed by atoms with Crippen molar-refractivity contribution in [2.45, 2.75) is 19.5 Å². The summed E-state index contributed by atoms with van der Waals surface area (Å²) < 4.78 is 0. The first-order chi connectivity index (χ1) is 12.2. The van der Waals surface area contributed by atoms with E-state index in [-0.39, 0.29) is 59.8 Å². The molecule has 140 valence electrons. The zero-order valence-corrected chi connectivity index (χ0v) is 21.0. The second-order valence-corrected chi connectivity index (χ2v) is 9.51. The second kappa shape index (κ2) is 11.2. The van der Waals surface area contributed by atoms with Crippen molar-refractivity contribution in [1.29, 1.82) is 0 Å². The number of fused-ring (bicyclic) bond motifs is 4. The molecule has 0 atom stereocenters. The predicted octanol–water partition coefficient (Wildman–Crippen LogP) is 0.637. The van der Waals surface area contributed by atoms with Gasteiger partial charge in [-0.25, -0.2) is 0 Å². The molecule has 0 saturated carbocycles. The minimum atomic E-state index is -0.218. The van der Waals surface area contributed by atoms with Crippen LogP contribution in [-0.4, -0.2) is 8.80 Å². The molecule has 0 aromatic heterocycles. The first-order valence-corrected chi connectivity index (χ1v) is 11.3. The third kappa shape index (κ3) is 5.30. The molecule has 1 aliphatic rings. The van der Waals surface area contributed by atoms with Crippen LogP contribution in [0.15, 0.2) is 84.1 Å². The maximum absolute atomic E-state index is 2.38. The summed E-state index contributed by atoms with van der Waals surface area (Å²) in [6.07, 6.45) is 3.58. The molecule has 0 bridgehead atoms. The molecule has 1 aliphatic carbocycles. The zero-order valence-electron chi connectivity index (χ0n) is 16.0. The largest absolute Gasteiger partial charge is 3.00 e. The van der Waals surface area contributed by atoms with Gasteiger partial charge in [-0.2, -0.15) is 0 Å². The Bertz CT molecular complexity index is 1020. The van der Waals surface area contributed by atoms with Crippen LogP contribution in [0.2, 0.25) is 13.1 Å². The average molecular weight is 501 g/mol. The van der Waals surface area contributed by atoms with Gasteiger partial charge in [-0.15, -0.1) is 39.7 Å². The molecule has 4 aromatic rings. The molecule has 0 unspecified atom stereocenters. The van der Waals surface area contributed by atoms with Gasteiger partial charge < -0.3 is 24.8 Å². The number of benzene rings is 3. The third-order valence-corrected chi connectivity index (χ3v) is 6.54. The molecular formula is C24H22Cl2SiZr. The Balaban J connectivity index is 0.000000254. The summed E-state index contributed by atoms with van der Waals surface area (Å²) in [7, 11) is -0.218. The summed E-state index contributed by atoms with van der Waals surface area (Å²) in [6, 6.07) is 28.0. The number of halogens is 2. The maximum Gasteiger partial charge on any atom is 3.00 e. The van der Waals surface area contributed by atoms with Crippen LogP contribution in [-0.2, 0) is 32.6 Å². The van der Waals surface area contributed by atoms with E-state index in [1.807, 2.05) is 0 Å². The van der Waals surface area contributed by atoms with Crippen LogP contribution in [0.25, 0.3) is 27.6 Å². The van der Waals surface area contributed by atoms with E-state index >= 15 is 0 Å². The van der Waals surface area contributed by atoms with Gasteiger partial charge in [-0.05, 0) is 17.5 Å². The number of hydrogen-bond acceptors (Lipinski definition) is 0. The fourth-order valence-electron chi connectivity index (χ4n) is 3.50. The summed E-state index contributed by atoms with van der Waals surface area (Å²) >= 11 is 0. The minimum Gasteiger partial charge on any atom is -1.00 e. The molecule has 0 aliphatic heterocycles. The summed E-state index contributed by atoms with van der Waals surface area (Å²) in [5, 5.41) is 7.06. The average Bonchev–Trinajstić information content (AvgIpc) is 3.24. The van der Waals surface area contributed by atoms with E-state index < -0.39 is 0 Å². The number of hydrogen-bond donors (Lipinski definition) is 0. The van der Waals surface area contributed by atoms with Gasteiger partial charge in [0.1, 0.15) is 0 Å². The van der Waals surface area contributed by atoms with Gasteiger partial charge in [0.2, 0.25) is 0 Å². The van der Waals surface area contributed by atoms with Crippen LogP contribution in [0.3, 0.4) is 0 Å². The Morgan fingerprint density at radius 2 is 1.21 bits per heavy atom. The Labute approximate surface area is 201 Å². The van der Waals surface area contributed by atoms with E-state index in [0.29, 0.717) is 0 Å². The van der Waals surface area contributed by atoms with E-state index in [4.69, 9.17) is 0 Å². The zero-order chi connectivity index (χ0) is 17.2. The van der Waals surface area contributed by atoms with E-state index in [1.54, 1.807) is 5.20 Å². The van der Waals surface area contributed by atoms with Gasteiger partial charge in [0.25, 0.3) is 0 Å². The smallest absolute Gasteiger partial charge is 1.00 e. The molecular weight excluding hydrogens is 478 g/mol.